The number of nitrogens with one attached hydrogen (secondary N) is 1. The average molecular weight is 362 g/mol. The lowest BCUT2D eigenvalue weighted by atomic mass is 10.2. The van der Waals surface area contributed by atoms with E-state index in [9.17, 15) is 18.4 Å². The van der Waals surface area contributed by atoms with Gasteiger partial charge in [0.25, 0.3) is 0 Å². The highest BCUT2D eigenvalue weighted by molar-refractivity contribution is 5.94. The molecule has 3 rings (SSSR count). The molecule has 0 saturated heterocycles. The first-order chi connectivity index (χ1) is 12.4. The van der Waals surface area contributed by atoms with E-state index in [2.05, 4.69) is 5.32 Å². The summed E-state index contributed by atoms with van der Waals surface area (Å²) < 4.78 is 37.0. The van der Waals surface area contributed by atoms with Gasteiger partial charge in [-0.25, -0.2) is 8.78 Å². The molecule has 1 heterocycles. The van der Waals surface area contributed by atoms with Crippen molar-refractivity contribution in [2.24, 2.45) is 0 Å². The number of amides is 2. The Morgan fingerprint density at radius 1 is 1.12 bits per heavy atom. The largest absolute Gasteiger partial charge is 0.454 e. The summed E-state index contributed by atoms with van der Waals surface area (Å²) in [7, 11) is 0. The van der Waals surface area contributed by atoms with Crippen LogP contribution in [0.3, 0.4) is 0 Å². The van der Waals surface area contributed by atoms with E-state index in [0.717, 1.165) is 17.7 Å². The number of ether oxygens (including phenoxy) is 2. The maximum absolute atomic E-state index is 13.6. The second kappa shape index (κ2) is 7.38. The summed E-state index contributed by atoms with van der Waals surface area (Å²) in [5.41, 5.74) is 0.605. The van der Waals surface area contributed by atoms with Crippen molar-refractivity contribution in [2.75, 3.05) is 18.7 Å². The molecule has 1 aliphatic heterocycles. The predicted octanol–water partition coefficient (Wildman–Crippen LogP) is 2.68. The van der Waals surface area contributed by atoms with Crippen molar-refractivity contribution in [1.82, 2.24) is 4.90 Å². The van der Waals surface area contributed by atoms with Crippen molar-refractivity contribution in [2.45, 2.75) is 13.5 Å². The van der Waals surface area contributed by atoms with E-state index < -0.39 is 17.5 Å². The van der Waals surface area contributed by atoms with Crippen LogP contribution in [0.15, 0.2) is 36.4 Å². The molecule has 136 valence electrons. The fourth-order valence-electron chi connectivity index (χ4n) is 2.49. The van der Waals surface area contributed by atoms with E-state index in [-0.39, 0.29) is 31.5 Å². The molecule has 26 heavy (non-hydrogen) atoms. The number of fused-ring (bicyclic) bond motifs is 1. The summed E-state index contributed by atoms with van der Waals surface area (Å²) in [5, 5.41) is 2.33. The van der Waals surface area contributed by atoms with Gasteiger partial charge in [-0.3, -0.25) is 9.59 Å². The van der Waals surface area contributed by atoms with Crippen molar-refractivity contribution >= 4 is 17.5 Å². The molecule has 0 aromatic heterocycles. The summed E-state index contributed by atoms with van der Waals surface area (Å²) in [6, 6.07) is 8.05. The summed E-state index contributed by atoms with van der Waals surface area (Å²) in [5.74, 6) is -1.35. The number of rotatable bonds is 5. The van der Waals surface area contributed by atoms with Crippen LogP contribution in [0.1, 0.15) is 12.5 Å². The van der Waals surface area contributed by atoms with Gasteiger partial charge >= 0.3 is 0 Å². The third-order valence-corrected chi connectivity index (χ3v) is 3.80. The van der Waals surface area contributed by atoms with E-state index in [0.29, 0.717) is 17.6 Å². The lowest BCUT2D eigenvalue weighted by Gasteiger charge is -2.21. The topological polar surface area (TPSA) is 67.9 Å². The van der Waals surface area contributed by atoms with Gasteiger partial charge in [0.1, 0.15) is 18.2 Å². The number of anilines is 1. The first-order valence-corrected chi connectivity index (χ1v) is 7.81. The van der Waals surface area contributed by atoms with Gasteiger partial charge in [0.05, 0.1) is 5.69 Å². The van der Waals surface area contributed by atoms with Crippen LogP contribution < -0.4 is 14.8 Å². The van der Waals surface area contributed by atoms with Crippen LogP contribution >= 0.6 is 0 Å². The molecule has 6 nitrogen and oxygen atoms in total. The predicted molar refractivity (Wildman–Crippen MR) is 88.6 cm³/mol. The Morgan fingerprint density at radius 3 is 2.62 bits per heavy atom. The Bertz CT molecular complexity index is 857. The normalized spacial score (nSPS) is 12.0. The molecule has 2 aromatic rings. The van der Waals surface area contributed by atoms with Gasteiger partial charge in [0.2, 0.25) is 18.6 Å². The Hall–Kier alpha value is -3.16. The molecule has 0 atom stereocenters. The molecule has 0 unspecified atom stereocenters. The zero-order valence-electron chi connectivity index (χ0n) is 13.9. The molecular weight excluding hydrogens is 346 g/mol. The Kier molecular flexibility index (Phi) is 5.01. The summed E-state index contributed by atoms with van der Waals surface area (Å²) >= 11 is 0. The van der Waals surface area contributed by atoms with Gasteiger partial charge in [0, 0.05) is 19.5 Å². The lowest BCUT2D eigenvalue weighted by molar-refractivity contribution is -0.133. The smallest absolute Gasteiger partial charge is 0.244 e. The van der Waals surface area contributed by atoms with Crippen LogP contribution in [-0.4, -0.2) is 30.1 Å². The molecule has 8 heteroatoms. The Morgan fingerprint density at radius 2 is 1.88 bits per heavy atom. The fraction of sp³-hybridized carbons (Fsp3) is 0.222. The molecule has 0 fully saturated rings. The van der Waals surface area contributed by atoms with Gasteiger partial charge in [-0.15, -0.1) is 0 Å². The number of halogens is 2. The molecule has 1 aliphatic rings. The van der Waals surface area contributed by atoms with Crippen molar-refractivity contribution < 1.29 is 27.8 Å². The van der Waals surface area contributed by atoms with Gasteiger partial charge in [-0.05, 0) is 29.8 Å². The quantitative estimate of drug-likeness (QED) is 0.888. The third-order valence-electron chi connectivity index (χ3n) is 3.80. The number of hydrogen-bond donors (Lipinski definition) is 1. The summed E-state index contributed by atoms with van der Waals surface area (Å²) in [6.45, 7) is 1.37. The summed E-state index contributed by atoms with van der Waals surface area (Å²) in [4.78, 5) is 25.3. The molecule has 0 saturated carbocycles. The highest BCUT2D eigenvalue weighted by Crippen LogP contribution is 2.32. The number of carbonyl (C=O) groups excluding carboxylic acids is 2. The molecular formula is C18H16F2N2O4. The van der Waals surface area contributed by atoms with E-state index in [1.54, 1.807) is 18.2 Å². The second-order valence-corrected chi connectivity index (χ2v) is 5.74. The van der Waals surface area contributed by atoms with Crippen molar-refractivity contribution in [3.8, 4) is 11.5 Å². The molecule has 0 aliphatic carbocycles. The fourth-order valence-corrected chi connectivity index (χ4v) is 2.49. The highest BCUT2D eigenvalue weighted by atomic mass is 19.1. The average Bonchev–Trinajstić information content (AvgIpc) is 3.04. The molecule has 1 N–H and O–H groups in total. The van der Waals surface area contributed by atoms with Gasteiger partial charge in [0.15, 0.2) is 11.5 Å². The maximum Gasteiger partial charge on any atom is 0.244 e. The van der Waals surface area contributed by atoms with E-state index >= 15 is 0 Å². The molecule has 0 bridgehead atoms. The van der Waals surface area contributed by atoms with Crippen LogP contribution in [0.4, 0.5) is 14.5 Å². The molecule has 2 aromatic carbocycles. The zero-order valence-corrected chi connectivity index (χ0v) is 13.9. The van der Waals surface area contributed by atoms with E-state index in [1.165, 1.54) is 11.8 Å². The number of benzene rings is 2. The standard InChI is InChI=1S/C18H16F2N2O4/c1-11(23)22(8-12-2-5-16-17(6-12)26-10-25-16)9-18(24)21-15-4-3-13(19)7-14(15)20/h2-7H,8-10H2,1H3,(H,21,24). The number of hydrogen-bond acceptors (Lipinski definition) is 4. The van der Waals surface area contributed by atoms with Gasteiger partial charge in [-0.1, -0.05) is 6.07 Å². The number of carbonyl (C=O) groups is 2. The minimum absolute atomic E-state index is 0.140. The SMILES string of the molecule is CC(=O)N(CC(=O)Nc1ccc(F)cc1F)Cc1ccc2c(c1)OCO2. The zero-order chi connectivity index (χ0) is 18.7. The van der Waals surface area contributed by atoms with Gasteiger partial charge < -0.3 is 19.7 Å². The van der Waals surface area contributed by atoms with Crippen LogP contribution in [0.5, 0.6) is 11.5 Å². The van der Waals surface area contributed by atoms with Crippen molar-refractivity contribution in [3.63, 3.8) is 0 Å². The van der Waals surface area contributed by atoms with Crippen LogP contribution in [-0.2, 0) is 16.1 Å². The number of nitrogens with zero attached hydrogens (tertiary/aromatic N) is 1. The second-order valence-electron chi connectivity index (χ2n) is 5.74. The molecule has 0 spiro atoms. The molecule has 0 radical (unpaired) electrons. The van der Waals surface area contributed by atoms with Crippen LogP contribution in [0.2, 0.25) is 0 Å². The maximum atomic E-state index is 13.6. The van der Waals surface area contributed by atoms with Crippen molar-refractivity contribution in [1.29, 1.82) is 0 Å². The third kappa shape index (κ3) is 4.08. The van der Waals surface area contributed by atoms with Crippen LogP contribution in [0, 0.1) is 11.6 Å². The van der Waals surface area contributed by atoms with Crippen molar-refractivity contribution in [3.05, 3.63) is 53.6 Å². The monoisotopic (exact) mass is 362 g/mol. The Labute approximate surface area is 148 Å². The van der Waals surface area contributed by atoms with Gasteiger partial charge in [-0.2, -0.15) is 0 Å². The van der Waals surface area contributed by atoms with Crippen LogP contribution in [0.25, 0.3) is 0 Å². The minimum Gasteiger partial charge on any atom is -0.454 e. The molecule has 2 amide bonds. The summed E-state index contributed by atoms with van der Waals surface area (Å²) in [6.07, 6.45) is 0. The Balaban J connectivity index is 1.66. The minimum atomic E-state index is -0.886. The highest BCUT2D eigenvalue weighted by Gasteiger charge is 2.18. The first kappa shape index (κ1) is 17.7. The lowest BCUT2D eigenvalue weighted by Crippen LogP contribution is -2.36. The van der Waals surface area contributed by atoms with E-state index in [4.69, 9.17) is 9.47 Å². The van der Waals surface area contributed by atoms with E-state index in [1.807, 2.05) is 0 Å². The first-order valence-electron chi connectivity index (χ1n) is 7.81.